The van der Waals surface area contributed by atoms with Crippen molar-refractivity contribution in [2.24, 2.45) is 0 Å². The highest BCUT2D eigenvalue weighted by atomic mass is 32.2. The monoisotopic (exact) mass is 343 g/mol. The van der Waals surface area contributed by atoms with Gasteiger partial charge in [-0.3, -0.25) is 0 Å². The van der Waals surface area contributed by atoms with Gasteiger partial charge in [0.2, 0.25) is 10.0 Å². The van der Waals surface area contributed by atoms with Crippen molar-refractivity contribution in [3.8, 4) is 0 Å². The van der Waals surface area contributed by atoms with E-state index in [9.17, 15) is 13.2 Å². The van der Waals surface area contributed by atoms with Crippen molar-refractivity contribution >= 4 is 16.1 Å². The first-order chi connectivity index (χ1) is 10.8. The molecule has 1 aromatic heterocycles. The minimum Gasteiger partial charge on any atom is -0.441 e. The van der Waals surface area contributed by atoms with Crippen LogP contribution in [0.3, 0.4) is 0 Å². The number of amides is 1. The summed E-state index contributed by atoms with van der Waals surface area (Å²) < 4.78 is 37.7. The van der Waals surface area contributed by atoms with E-state index < -0.39 is 15.6 Å². The van der Waals surface area contributed by atoms with Gasteiger partial charge >= 0.3 is 6.09 Å². The minimum atomic E-state index is -3.65. The van der Waals surface area contributed by atoms with Crippen molar-refractivity contribution in [1.29, 1.82) is 0 Å². The second kappa shape index (κ2) is 5.48. The summed E-state index contributed by atoms with van der Waals surface area (Å²) >= 11 is 0. The Bertz CT molecular complexity index is 709. The van der Waals surface area contributed by atoms with Crippen molar-refractivity contribution in [2.75, 3.05) is 26.7 Å². The Hall–Kier alpha value is -1.61. The second-order valence-corrected chi connectivity index (χ2v) is 8.19. The summed E-state index contributed by atoms with van der Waals surface area (Å²) in [6.07, 6.45) is 1.46. The van der Waals surface area contributed by atoms with Gasteiger partial charge < -0.3 is 14.2 Å². The zero-order chi connectivity index (χ0) is 16.8. The Morgan fingerprint density at radius 1 is 1.22 bits per heavy atom. The van der Waals surface area contributed by atoms with Crippen LogP contribution in [0, 0.1) is 13.8 Å². The molecule has 0 saturated carbocycles. The number of sulfonamides is 1. The predicted octanol–water partition coefficient (Wildman–Crippen LogP) is 1.29. The lowest BCUT2D eigenvalue weighted by Crippen LogP contribution is -2.37. The van der Waals surface area contributed by atoms with Gasteiger partial charge in [-0.05, 0) is 26.7 Å². The maximum Gasteiger partial charge on any atom is 0.410 e. The molecular formula is C14H21N3O5S. The standard InChI is InChI=1S/C14H21N3O5S/c1-10-12(11(2)22-15-10)23(19,20)17-7-4-5-14(6-8-17)9-16(3)13(18)21-14/h4-9H2,1-3H3/t14-/m1/s1. The first-order valence-corrected chi connectivity index (χ1v) is 9.06. The van der Waals surface area contributed by atoms with Crippen LogP contribution in [-0.2, 0) is 14.8 Å². The van der Waals surface area contributed by atoms with Crippen LogP contribution in [0.5, 0.6) is 0 Å². The van der Waals surface area contributed by atoms with E-state index in [0.717, 1.165) is 0 Å². The molecule has 9 heteroatoms. The molecule has 3 rings (SSSR count). The number of hydrogen-bond acceptors (Lipinski definition) is 6. The highest BCUT2D eigenvalue weighted by molar-refractivity contribution is 7.89. The molecule has 0 aromatic carbocycles. The van der Waals surface area contributed by atoms with E-state index in [1.165, 1.54) is 4.31 Å². The van der Waals surface area contributed by atoms with E-state index in [2.05, 4.69) is 5.16 Å². The van der Waals surface area contributed by atoms with Crippen molar-refractivity contribution in [2.45, 2.75) is 43.6 Å². The zero-order valence-electron chi connectivity index (χ0n) is 13.5. The summed E-state index contributed by atoms with van der Waals surface area (Å²) in [4.78, 5) is 13.4. The van der Waals surface area contributed by atoms with Crippen LogP contribution >= 0.6 is 0 Å². The first-order valence-electron chi connectivity index (χ1n) is 7.62. The Morgan fingerprint density at radius 3 is 2.52 bits per heavy atom. The topological polar surface area (TPSA) is 93.0 Å². The van der Waals surface area contributed by atoms with Gasteiger partial charge in [-0.15, -0.1) is 0 Å². The fourth-order valence-corrected chi connectivity index (χ4v) is 5.18. The number of carbonyl (C=O) groups is 1. The molecule has 1 spiro atoms. The van der Waals surface area contributed by atoms with Gasteiger partial charge in [0.15, 0.2) is 5.76 Å². The molecule has 128 valence electrons. The molecule has 0 N–H and O–H groups in total. The van der Waals surface area contributed by atoms with E-state index in [1.807, 2.05) is 0 Å². The molecule has 0 aliphatic carbocycles. The second-order valence-electron chi connectivity index (χ2n) is 6.32. The van der Waals surface area contributed by atoms with Gasteiger partial charge in [0.1, 0.15) is 16.2 Å². The third-order valence-corrected chi connectivity index (χ3v) is 6.71. The Kier molecular flexibility index (Phi) is 3.88. The number of hydrogen-bond donors (Lipinski definition) is 0. The average Bonchev–Trinajstić information content (AvgIpc) is 2.85. The van der Waals surface area contributed by atoms with Crippen molar-refractivity contribution in [3.63, 3.8) is 0 Å². The molecule has 0 radical (unpaired) electrons. The summed E-state index contributed by atoms with van der Waals surface area (Å²) in [5.41, 5.74) is -0.206. The Morgan fingerprint density at radius 2 is 1.96 bits per heavy atom. The predicted molar refractivity (Wildman–Crippen MR) is 80.4 cm³/mol. The molecule has 0 unspecified atom stereocenters. The lowest BCUT2D eigenvalue weighted by Gasteiger charge is -2.25. The maximum atomic E-state index is 12.9. The van der Waals surface area contributed by atoms with Crippen LogP contribution in [0.1, 0.15) is 30.7 Å². The third kappa shape index (κ3) is 2.72. The molecule has 0 bridgehead atoms. The molecule has 1 aromatic rings. The molecule has 2 aliphatic rings. The van der Waals surface area contributed by atoms with Crippen LogP contribution in [0.4, 0.5) is 4.79 Å². The van der Waals surface area contributed by atoms with Crippen LogP contribution in [0.2, 0.25) is 0 Å². The molecule has 2 aliphatic heterocycles. The number of nitrogens with zero attached hydrogens (tertiary/aromatic N) is 3. The highest BCUT2D eigenvalue weighted by Gasteiger charge is 2.46. The fraction of sp³-hybridized carbons (Fsp3) is 0.714. The Labute approximate surface area is 135 Å². The summed E-state index contributed by atoms with van der Waals surface area (Å²) in [5.74, 6) is 0.300. The van der Waals surface area contributed by atoms with Gasteiger partial charge in [0.05, 0.1) is 6.54 Å². The van der Waals surface area contributed by atoms with Gasteiger partial charge in [-0.25, -0.2) is 13.2 Å². The van der Waals surface area contributed by atoms with Gasteiger partial charge in [0, 0.05) is 26.6 Å². The number of rotatable bonds is 2. The van der Waals surface area contributed by atoms with E-state index in [0.29, 0.717) is 50.4 Å². The minimum absolute atomic E-state index is 0.147. The van der Waals surface area contributed by atoms with Crippen LogP contribution < -0.4 is 0 Å². The normalized spacial score (nSPS) is 26.6. The fourth-order valence-electron chi connectivity index (χ4n) is 3.41. The van der Waals surface area contributed by atoms with Gasteiger partial charge in [0.25, 0.3) is 0 Å². The molecular weight excluding hydrogens is 322 g/mol. The van der Waals surface area contributed by atoms with E-state index in [4.69, 9.17) is 9.26 Å². The molecule has 1 amide bonds. The van der Waals surface area contributed by atoms with E-state index in [1.54, 1.807) is 25.8 Å². The largest absolute Gasteiger partial charge is 0.441 e. The van der Waals surface area contributed by atoms with Crippen molar-refractivity contribution < 1.29 is 22.5 Å². The van der Waals surface area contributed by atoms with Crippen molar-refractivity contribution in [3.05, 3.63) is 11.5 Å². The number of aromatic nitrogens is 1. The highest BCUT2D eigenvalue weighted by Crippen LogP contribution is 2.34. The summed E-state index contributed by atoms with van der Waals surface area (Å²) in [7, 11) is -1.96. The molecule has 2 saturated heterocycles. The van der Waals surface area contributed by atoms with Gasteiger partial charge in [-0.1, -0.05) is 5.16 Å². The Balaban J connectivity index is 1.82. The van der Waals surface area contributed by atoms with Crippen LogP contribution in [0.25, 0.3) is 0 Å². The van der Waals surface area contributed by atoms with E-state index in [-0.39, 0.29) is 11.0 Å². The SMILES string of the molecule is Cc1noc(C)c1S(=O)(=O)N1CCC[C@@]2(CC1)CN(C)C(=O)O2. The summed E-state index contributed by atoms with van der Waals surface area (Å²) in [6.45, 7) is 4.43. The van der Waals surface area contributed by atoms with Crippen LogP contribution in [0.15, 0.2) is 9.42 Å². The molecule has 8 nitrogen and oxygen atoms in total. The molecule has 3 heterocycles. The number of ether oxygens (including phenoxy) is 1. The number of carbonyl (C=O) groups excluding carboxylic acids is 1. The van der Waals surface area contributed by atoms with Crippen molar-refractivity contribution in [1.82, 2.24) is 14.4 Å². The number of aryl methyl sites for hydroxylation is 2. The average molecular weight is 343 g/mol. The summed E-state index contributed by atoms with van der Waals surface area (Å²) in [5, 5.41) is 3.73. The quantitative estimate of drug-likeness (QED) is 0.803. The van der Waals surface area contributed by atoms with E-state index >= 15 is 0 Å². The molecule has 2 fully saturated rings. The smallest absolute Gasteiger partial charge is 0.410 e. The number of likely N-dealkylation sites (N-methyl/N-ethyl adjacent to an activating group) is 1. The lowest BCUT2D eigenvalue weighted by atomic mass is 9.95. The molecule has 1 atom stereocenters. The maximum absolute atomic E-state index is 12.9. The third-order valence-electron chi connectivity index (χ3n) is 4.56. The molecule has 23 heavy (non-hydrogen) atoms. The zero-order valence-corrected chi connectivity index (χ0v) is 14.4. The van der Waals surface area contributed by atoms with Crippen LogP contribution in [-0.4, -0.2) is 61.2 Å². The lowest BCUT2D eigenvalue weighted by molar-refractivity contribution is 0.0460. The van der Waals surface area contributed by atoms with Gasteiger partial charge in [-0.2, -0.15) is 4.31 Å². The summed E-state index contributed by atoms with van der Waals surface area (Å²) in [6, 6.07) is 0. The first kappa shape index (κ1) is 16.3.